The second kappa shape index (κ2) is 25.0. The molecule has 14 N–H and O–H groups in total. The van der Waals surface area contributed by atoms with Crippen LogP contribution in [-0.4, -0.2) is 142 Å². The standard InChI is InChI=1S/C37H55N11O14/c1-17(2)29(47-31(55)21(38)5-8-26(49)50)35(59)45-24(11-19-13-39-15-41-19)34(58)44-22(6-9-27(51)52)32(56)43-23(7-10-28(53)54)33(57)48-30(18(3)4)36(60)46-25(37(61)62)12-20-14-40-16-42-20/h13-18,21-25,29-30H,5-12,38H2,1-4H3,(H,39,41)(H,40,42)(H,43,56)(H,44,58)(H,45,59)(H,46,60)(H,47,55)(H,48,57)(H,49,50)(H,51,52)(H,53,54)(H,61,62)/t21-,22-,23-,24-,25-,29-,30-/m0/s1. The van der Waals surface area contributed by atoms with Gasteiger partial charge in [0, 0.05) is 55.9 Å². The molecule has 0 aromatic carbocycles. The number of nitrogens with one attached hydrogen (secondary N) is 8. The molecule has 0 radical (unpaired) electrons. The Morgan fingerprint density at radius 3 is 1.26 bits per heavy atom. The maximum atomic E-state index is 13.9. The molecule has 0 unspecified atom stereocenters. The molecule has 2 rings (SSSR count). The molecule has 0 aliphatic heterocycles. The van der Waals surface area contributed by atoms with Gasteiger partial charge in [-0.05, 0) is 31.1 Å². The molecule has 0 fully saturated rings. The Bertz CT molecular complexity index is 1870. The quantitative estimate of drug-likeness (QED) is 0.0409. The monoisotopic (exact) mass is 877 g/mol. The molecule has 7 atom stereocenters. The number of rotatable bonds is 28. The van der Waals surface area contributed by atoms with Crippen molar-refractivity contribution in [2.24, 2.45) is 17.6 Å². The van der Waals surface area contributed by atoms with Gasteiger partial charge in [-0.15, -0.1) is 0 Å². The number of aliphatic carboxylic acids is 4. The van der Waals surface area contributed by atoms with Crippen LogP contribution in [0.1, 0.15) is 77.6 Å². The minimum atomic E-state index is -1.71. The molecule has 25 nitrogen and oxygen atoms in total. The van der Waals surface area contributed by atoms with Crippen molar-refractivity contribution in [1.82, 2.24) is 51.8 Å². The smallest absolute Gasteiger partial charge is 0.326 e. The molecular weight excluding hydrogens is 822 g/mol. The van der Waals surface area contributed by atoms with Crippen LogP contribution in [0.5, 0.6) is 0 Å². The van der Waals surface area contributed by atoms with Crippen LogP contribution in [0.2, 0.25) is 0 Å². The van der Waals surface area contributed by atoms with E-state index in [4.69, 9.17) is 10.8 Å². The molecule has 0 aliphatic rings. The summed E-state index contributed by atoms with van der Waals surface area (Å²) in [7, 11) is 0. The SMILES string of the molecule is CC(C)[C@H](NC(=O)[C@H](CCC(=O)O)NC(=O)[C@H](CCC(=O)O)NC(=O)[C@H](Cc1cnc[nH]1)NC(=O)[C@@H](NC(=O)[C@@H](N)CCC(=O)O)C(C)C)C(=O)N[C@@H](Cc1cnc[nH]1)C(=O)O. The van der Waals surface area contributed by atoms with Crippen molar-refractivity contribution >= 4 is 59.3 Å². The average Bonchev–Trinajstić information content (AvgIpc) is 3.91. The van der Waals surface area contributed by atoms with Gasteiger partial charge in [-0.3, -0.25) is 43.2 Å². The maximum Gasteiger partial charge on any atom is 0.326 e. The first-order chi connectivity index (χ1) is 29.1. The highest BCUT2D eigenvalue weighted by Gasteiger charge is 2.35. The maximum absolute atomic E-state index is 13.9. The zero-order chi connectivity index (χ0) is 46.7. The highest BCUT2D eigenvalue weighted by molar-refractivity contribution is 5.97. The van der Waals surface area contributed by atoms with E-state index in [1.54, 1.807) is 13.8 Å². The van der Waals surface area contributed by atoms with Crippen molar-refractivity contribution in [2.45, 2.75) is 121 Å². The largest absolute Gasteiger partial charge is 0.481 e. The van der Waals surface area contributed by atoms with Gasteiger partial charge in [-0.2, -0.15) is 0 Å². The first-order valence-corrected chi connectivity index (χ1v) is 19.5. The Morgan fingerprint density at radius 1 is 0.516 bits per heavy atom. The zero-order valence-corrected chi connectivity index (χ0v) is 34.5. The minimum Gasteiger partial charge on any atom is -0.481 e. The van der Waals surface area contributed by atoms with Gasteiger partial charge < -0.3 is 68.0 Å². The molecule has 62 heavy (non-hydrogen) atoms. The van der Waals surface area contributed by atoms with Gasteiger partial charge in [0.2, 0.25) is 35.4 Å². The van der Waals surface area contributed by atoms with E-state index in [1.807, 2.05) is 0 Å². The van der Waals surface area contributed by atoms with Gasteiger partial charge in [0.05, 0.1) is 18.7 Å². The van der Waals surface area contributed by atoms with Crippen molar-refractivity contribution < 1.29 is 68.4 Å². The summed E-state index contributed by atoms with van der Waals surface area (Å²) in [5.41, 5.74) is 6.53. The molecule has 25 heteroatoms. The Labute approximate surface area is 354 Å². The predicted octanol–water partition coefficient (Wildman–Crippen LogP) is -2.85. The lowest BCUT2D eigenvalue weighted by atomic mass is 10.0. The summed E-state index contributed by atoms with van der Waals surface area (Å²) >= 11 is 0. The molecule has 2 aromatic rings. The van der Waals surface area contributed by atoms with Crippen LogP contribution >= 0.6 is 0 Å². The zero-order valence-electron chi connectivity index (χ0n) is 34.5. The Balaban J connectivity index is 2.36. The van der Waals surface area contributed by atoms with Gasteiger partial charge in [-0.1, -0.05) is 27.7 Å². The topological polar surface area (TPSA) is 407 Å². The van der Waals surface area contributed by atoms with Crippen LogP contribution in [-0.2, 0) is 60.8 Å². The summed E-state index contributed by atoms with van der Waals surface area (Å²) in [6.45, 7) is 6.22. The molecule has 2 aromatic heterocycles. The molecular formula is C37H55N11O14. The Kier molecular flexibility index (Phi) is 20.6. The van der Waals surface area contributed by atoms with Crippen LogP contribution in [0.25, 0.3) is 0 Å². The number of aromatic nitrogens is 4. The van der Waals surface area contributed by atoms with E-state index in [-0.39, 0.29) is 19.3 Å². The van der Waals surface area contributed by atoms with E-state index < -0.39 is 146 Å². The summed E-state index contributed by atoms with van der Waals surface area (Å²) in [4.78, 5) is 140. The third-order valence-corrected chi connectivity index (χ3v) is 9.26. The number of hydrogen-bond acceptors (Lipinski definition) is 13. The lowest BCUT2D eigenvalue weighted by Crippen LogP contribution is -2.61. The van der Waals surface area contributed by atoms with Crippen LogP contribution < -0.4 is 37.6 Å². The average molecular weight is 878 g/mol. The highest BCUT2D eigenvalue weighted by Crippen LogP contribution is 2.11. The summed E-state index contributed by atoms with van der Waals surface area (Å²) < 4.78 is 0. The summed E-state index contributed by atoms with van der Waals surface area (Å²) in [5, 5.41) is 52.0. The van der Waals surface area contributed by atoms with E-state index in [2.05, 4.69) is 51.8 Å². The van der Waals surface area contributed by atoms with Crippen LogP contribution in [0.3, 0.4) is 0 Å². The van der Waals surface area contributed by atoms with E-state index in [9.17, 15) is 63.3 Å². The van der Waals surface area contributed by atoms with Gasteiger partial charge in [0.25, 0.3) is 0 Å². The van der Waals surface area contributed by atoms with Gasteiger partial charge in [0.1, 0.15) is 36.3 Å². The molecule has 0 bridgehead atoms. The first kappa shape index (κ1) is 51.2. The molecule has 6 amide bonds. The molecule has 0 aliphatic carbocycles. The summed E-state index contributed by atoms with van der Waals surface area (Å²) in [5.74, 6) is -12.5. The molecule has 342 valence electrons. The minimum absolute atomic E-state index is 0.188. The van der Waals surface area contributed by atoms with Gasteiger partial charge in [0.15, 0.2) is 0 Å². The molecule has 0 saturated heterocycles. The number of imidazole rings is 2. The van der Waals surface area contributed by atoms with Crippen molar-refractivity contribution in [3.63, 3.8) is 0 Å². The van der Waals surface area contributed by atoms with Gasteiger partial charge >= 0.3 is 23.9 Å². The lowest BCUT2D eigenvalue weighted by Gasteiger charge is -2.28. The van der Waals surface area contributed by atoms with Crippen LogP contribution in [0.4, 0.5) is 0 Å². The Morgan fingerprint density at radius 2 is 0.871 bits per heavy atom. The number of nitrogens with two attached hydrogens (primary N) is 1. The molecule has 2 heterocycles. The van der Waals surface area contributed by atoms with Gasteiger partial charge in [-0.25, -0.2) is 14.8 Å². The number of H-pyrrole nitrogens is 2. The first-order valence-electron chi connectivity index (χ1n) is 19.5. The molecule has 0 saturated carbocycles. The van der Waals surface area contributed by atoms with Crippen molar-refractivity contribution in [1.29, 1.82) is 0 Å². The summed E-state index contributed by atoms with van der Waals surface area (Å²) in [6, 6.07) is -10.3. The van der Waals surface area contributed by atoms with Crippen molar-refractivity contribution in [2.75, 3.05) is 0 Å². The van der Waals surface area contributed by atoms with E-state index in [0.717, 1.165) is 0 Å². The Hall–Kier alpha value is -6.92. The number of carbonyl (C=O) groups excluding carboxylic acids is 6. The van der Waals surface area contributed by atoms with E-state index >= 15 is 0 Å². The number of carboxylic acids is 4. The number of amides is 6. The second-order valence-electron chi connectivity index (χ2n) is 15.0. The van der Waals surface area contributed by atoms with Crippen LogP contribution in [0.15, 0.2) is 25.0 Å². The number of carboxylic acid groups (broad SMARTS) is 4. The summed E-state index contributed by atoms with van der Waals surface area (Å²) in [6.07, 6.45) is 1.71. The normalized spacial score (nSPS) is 14.5. The van der Waals surface area contributed by atoms with Crippen LogP contribution in [0, 0.1) is 11.8 Å². The fraction of sp³-hybridized carbons (Fsp3) is 0.568. The van der Waals surface area contributed by atoms with Crippen molar-refractivity contribution in [3.8, 4) is 0 Å². The van der Waals surface area contributed by atoms with E-state index in [0.29, 0.717) is 11.4 Å². The van der Waals surface area contributed by atoms with Crippen molar-refractivity contribution in [3.05, 3.63) is 36.4 Å². The molecule has 0 spiro atoms. The fourth-order valence-corrected chi connectivity index (χ4v) is 5.78. The lowest BCUT2D eigenvalue weighted by molar-refractivity contribution is -0.142. The highest BCUT2D eigenvalue weighted by atomic mass is 16.4. The number of hydrogen-bond donors (Lipinski definition) is 13. The number of nitrogens with zero attached hydrogens (tertiary/aromatic N) is 2. The second-order valence-corrected chi connectivity index (χ2v) is 15.0. The predicted molar refractivity (Wildman–Crippen MR) is 212 cm³/mol. The fourth-order valence-electron chi connectivity index (χ4n) is 5.78. The third-order valence-electron chi connectivity index (χ3n) is 9.26. The third kappa shape index (κ3) is 17.7. The number of aromatic amines is 2. The number of carbonyl (C=O) groups is 10. The van der Waals surface area contributed by atoms with E-state index in [1.165, 1.54) is 38.9 Å².